The molecular weight excluding hydrogens is 238 g/mol. The molecule has 2 aliphatic rings. The molecule has 1 N–H and O–H groups in total. The summed E-state index contributed by atoms with van der Waals surface area (Å²) in [6, 6.07) is 0. The summed E-state index contributed by atoms with van der Waals surface area (Å²) in [6.07, 6.45) is 6.46. The molecule has 0 unspecified atom stereocenters. The SMILES string of the molecule is CC1CCN(c2ncc(N3CCNCC3)cn2)CC1. The Morgan fingerprint density at radius 3 is 2.26 bits per heavy atom. The van der Waals surface area contributed by atoms with Gasteiger partial charge in [-0.3, -0.25) is 0 Å². The van der Waals surface area contributed by atoms with Gasteiger partial charge in [-0.25, -0.2) is 9.97 Å². The summed E-state index contributed by atoms with van der Waals surface area (Å²) in [7, 11) is 0. The fourth-order valence-corrected chi connectivity index (χ4v) is 2.77. The fourth-order valence-electron chi connectivity index (χ4n) is 2.77. The summed E-state index contributed by atoms with van der Waals surface area (Å²) in [5.41, 5.74) is 1.15. The lowest BCUT2D eigenvalue weighted by atomic mass is 10.00. The Balaban J connectivity index is 1.65. The van der Waals surface area contributed by atoms with Crippen molar-refractivity contribution in [1.29, 1.82) is 0 Å². The first-order chi connectivity index (χ1) is 9.33. The first kappa shape index (κ1) is 12.7. The largest absolute Gasteiger partial charge is 0.366 e. The van der Waals surface area contributed by atoms with Crippen molar-refractivity contribution in [2.24, 2.45) is 5.92 Å². The normalized spacial score (nSPS) is 21.7. The first-order valence-corrected chi connectivity index (χ1v) is 7.35. The van der Waals surface area contributed by atoms with E-state index >= 15 is 0 Å². The highest BCUT2D eigenvalue weighted by Gasteiger charge is 2.18. The van der Waals surface area contributed by atoms with E-state index in [1.807, 2.05) is 12.4 Å². The number of aromatic nitrogens is 2. The molecule has 0 amide bonds. The van der Waals surface area contributed by atoms with Crippen LogP contribution in [0.5, 0.6) is 0 Å². The van der Waals surface area contributed by atoms with E-state index in [1.54, 1.807) is 0 Å². The molecule has 0 spiro atoms. The second-order valence-electron chi connectivity index (χ2n) is 5.65. The Labute approximate surface area is 115 Å². The number of rotatable bonds is 2. The van der Waals surface area contributed by atoms with E-state index < -0.39 is 0 Å². The van der Waals surface area contributed by atoms with Gasteiger partial charge in [0, 0.05) is 39.3 Å². The van der Waals surface area contributed by atoms with Crippen LogP contribution < -0.4 is 15.1 Å². The molecule has 0 aliphatic carbocycles. The number of piperidine rings is 1. The van der Waals surface area contributed by atoms with Gasteiger partial charge in [0.25, 0.3) is 0 Å². The van der Waals surface area contributed by atoms with Crippen LogP contribution in [-0.4, -0.2) is 49.2 Å². The molecule has 0 bridgehead atoms. The Bertz CT molecular complexity index is 391. The lowest BCUT2D eigenvalue weighted by Crippen LogP contribution is -2.43. The molecule has 104 valence electrons. The van der Waals surface area contributed by atoms with Gasteiger partial charge in [0.15, 0.2) is 0 Å². The Hall–Kier alpha value is -1.36. The van der Waals surface area contributed by atoms with Crippen molar-refractivity contribution in [2.75, 3.05) is 49.1 Å². The van der Waals surface area contributed by atoms with Gasteiger partial charge in [0.2, 0.25) is 5.95 Å². The van der Waals surface area contributed by atoms with Crippen LogP contribution in [0.15, 0.2) is 12.4 Å². The molecule has 3 rings (SSSR count). The third-order valence-electron chi connectivity index (χ3n) is 4.17. The minimum absolute atomic E-state index is 0.844. The average Bonchev–Trinajstić information content (AvgIpc) is 2.49. The van der Waals surface area contributed by atoms with Gasteiger partial charge >= 0.3 is 0 Å². The fraction of sp³-hybridized carbons (Fsp3) is 0.714. The van der Waals surface area contributed by atoms with Crippen molar-refractivity contribution in [1.82, 2.24) is 15.3 Å². The van der Waals surface area contributed by atoms with Crippen molar-refractivity contribution in [2.45, 2.75) is 19.8 Å². The molecule has 0 radical (unpaired) electrons. The topological polar surface area (TPSA) is 44.3 Å². The number of anilines is 2. The second-order valence-corrected chi connectivity index (χ2v) is 5.65. The quantitative estimate of drug-likeness (QED) is 0.864. The number of hydrogen-bond acceptors (Lipinski definition) is 5. The average molecular weight is 261 g/mol. The van der Waals surface area contributed by atoms with Gasteiger partial charge in [0.1, 0.15) is 0 Å². The third-order valence-corrected chi connectivity index (χ3v) is 4.17. The van der Waals surface area contributed by atoms with E-state index in [9.17, 15) is 0 Å². The van der Waals surface area contributed by atoms with E-state index in [4.69, 9.17) is 0 Å². The van der Waals surface area contributed by atoms with Crippen LogP contribution in [-0.2, 0) is 0 Å². The molecule has 5 nitrogen and oxygen atoms in total. The van der Waals surface area contributed by atoms with Gasteiger partial charge < -0.3 is 15.1 Å². The van der Waals surface area contributed by atoms with Gasteiger partial charge in [-0.1, -0.05) is 6.92 Å². The van der Waals surface area contributed by atoms with Crippen LogP contribution in [0.3, 0.4) is 0 Å². The Kier molecular flexibility index (Phi) is 3.82. The molecule has 0 atom stereocenters. The molecule has 0 saturated carbocycles. The van der Waals surface area contributed by atoms with Crippen LogP contribution in [0.25, 0.3) is 0 Å². The standard InChI is InChI=1S/C14H23N5/c1-12-2-6-19(7-3-12)14-16-10-13(11-17-14)18-8-4-15-5-9-18/h10-12,15H,2-9H2,1H3. The molecule has 0 aromatic carbocycles. The maximum absolute atomic E-state index is 4.56. The smallest absolute Gasteiger partial charge is 0.225 e. The second kappa shape index (κ2) is 5.74. The highest BCUT2D eigenvalue weighted by molar-refractivity contribution is 5.45. The minimum atomic E-state index is 0.844. The predicted molar refractivity (Wildman–Crippen MR) is 77.7 cm³/mol. The molecule has 19 heavy (non-hydrogen) atoms. The highest BCUT2D eigenvalue weighted by Crippen LogP contribution is 2.21. The van der Waals surface area contributed by atoms with Crippen molar-refractivity contribution >= 4 is 11.6 Å². The van der Waals surface area contributed by atoms with E-state index in [0.717, 1.165) is 56.8 Å². The van der Waals surface area contributed by atoms with E-state index in [-0.39, 0.29) is 0 Å². The summed E-state index contributed by atoms with van der Waals surface area (Å²) in [4.78, 5) is 13.8. The summed E-state index contributed by atoms with van der Waals surface area (Å²) in [5, 5.41) is 3.36. The van der Waals surface area contributed by atoms with Gasteiger partial charge in [-0.05, 0) is 18.8 Å². The lowest BCUT2D eigenvalue weighted by Gasteiger charge is -2.31. The zero-order valence-corrected chi connectivity index (χ0v) is 11.7. The third kappa shape index (κ3) is 2.97. The van der Waals surface area contributed by atoms with Crippen LogP contribution in [0.1, 0.15) is 19.8 Å². The molecule has 2 aliphatic heterocycles. The maximum atomic E-state index is 4.56. The van der Waals surface area contributed by atoms with Crippen molar-refractivity contribution < 1.29 is 0 Å². The zero-order valence-electron chi connectivity index (χ0n) is 11.7. The van der Waals surface area contributed by atoms with Crippen molar-refractivity contribution in [3.05, 3.63) is 12.4 Å². The first-order valence-electron chi connectivity index (χ1n) is 7.35. The maximum Gasteiger partial charge on any atom is 0.225 e. The molecular formula is C14H23N5. The van der Waals surface area contributed by atoms with Crippen molar-refractivity contribution in [3.8, 4) is 0 Å². The van der Waals surface area contributed by atoms with E-state index in [2.05, 4.69) is 32.0 Å². The number of piperazine rings is 1. The van der Waals surface area contributed by atoms with Crippen molar-refractivity contribution in [3.63, 3.8) is 0 Å². The summed E-state index contributed by atoms with van der Waals surface area (Å²) < 4.78 is 0. The Morgan fingerprint density at radius 2 is 1.63 bits per heavy atom. The van der Waals surface area contributed by atoms with Crippen LogP contribution in [0, 0.1) is 5.92 Å². The zero-order chi connectivity index (χ0) is 13.1. The molecule has 2 fully saturated rings. The van der Waals surface area contributed by atoms with E-state index in [1.165, 1.54) is 12.8 Å². The molecule has 2 saturated heterocycles. The summed E-state index contributed by atoms with van der Waals surface area (Å²) in [6.45, 7) is 8.69. The van der Waals surface area contributed by atoms with Gasteiger partial charge in [-0.2, -0.15) is 0 Å². The molecule has 1 aromatic rings. The van der Waals surface area contributed by atoms with Gasteiger partial charge in [-0.15, -0.1) is 0 Å². The lowest BCUT2D eigenvalue weighted by molar-refractivity contribution is 0.434. The monoisotopic (exact) mass is 261 g/mol. The van der Waals surface area contributed by atoms with Crippen LogP contribution in [0.4, 0.5) is 11.6 Å². The van der Waals surface area contributed by atoms with Crippen LogP contribution >= 0.6 is 0 Å². The summed E-state index contributed by atoms with van der Waals surface area (Å²) in [5.74, 6) is 1.74. The molecule has 3 heterocycles. The van der Waals surface area contributed by atoms with E-state index in [0.29, 0.717) is 0 Å². The predicted octanol–water partition coefficient (Wildman–Crippen LogP) is 1.12. The highest BCUT2D eigenvalue weighted by atomic mass is 15.3. The number of hydrogen-bond donors (Lipinski definition) is 1. The Morgan fingerprint density at radius 1 is 1.00 bits per heavy atom. The molecule has 5 heteroatoms. The molecule has 1 aromatic heterocycles. The van der Waals surface area contributed by atoms with Crippen LogP contribution in [0.2, 0.25) is 0 Å². The van der Waals surface area contributed by atoms with Gasteiger partial charge in [0.05, 0.1) is 18.1 Å². The number of nitrogens with one attached hydrogen (secondary N) is 1. The summed E-state index contributed by atoms with van der Waals surface area (Å²) >= 11 is 0. The number of nitrogens with zero attached hydrogens (tertiary/aromatic N) is 4. The minimum Gasteiger partial charge on any atom is -0.366 e.